The zero-order valence-electron chi connectivity index (χ0n) is 11.7. The summed E-state index contributed by atoms with van der Waals surface area (Å²) in [6, 6.07) is 14.9. The summed E-state index contributed by atoms with van der Waals surface area (Å²) in [5.41, 5.74) is 2.60. The van der Waals surface area contributed by atoms with E-state index in [1.165, 1.54) is 5.01 Å². The molecule has 22 heavy (non-hydrogen) atoms. The van der Waals surface area contributed by atoms with Crippen molar-refractivity contribution in [2.75, 3.05) is 11.6 Å². The molecule has 0 aromatic heterocycles. The number of hydrazone groups is 1. The standard InChI is InChI=1S/C17H13ClN2O2/c18-12-5-7-13(8-6-12)20-16(21)9-11-10-22-15-4-2-1-3-14(15)17(11)19-20/h1-8,11H,9-10H2. The highest BCUT2D eigenvalue weighted by Crippen LogP contribution is 2.33. The van der Waals surface area contributed by atoms with Gasteiger partial charge in [-0.15, -0.1) is 0 Å². The molecule has 4 nitrogen and oxygen atoms in total. The van der Waals surface area contributed by atoms with E-state index in [1.54, 1.807) is 24.3 Å². The van der Waals surface area contributed by atoms with Crippen LogP contribution in [0.2, 0.25) is 5.02 Å². The molecule has 1 unspecified atom stereocenters. The molecule has 0 saturated carbocycles. The average molecular weight is 313 g/mol. The predicted molar refractivity (Wildman–Crippen MR) is 85.5 cm³/mol. The molecule has 2 heterocycles. The van der Waals surface area contributed by atoms with Crippen molar-refractivity contribution in [3.8, 4) is 5.75 Å². The van der Waals surface area contributed by atoms with Crippen LogP contribution in [0, 0.1) is 5.92 Å². The Bertz CT molecular complexity index is 770. The van der Waals surface area contributed by atoms with Crippen LogP contribution in [0.3, 0.4) is 0 Å². The Morgan fingerprint density at radius 3 is 2.73 bits per heavy atom. The smallest absolute Gasteiger partial charge is 0.248 e. The first-order chi connectivity index (χ1) is 10.7. The lowest BCUT2D eigenvalue weighted by atomic mass is 9.90. The number of ether oxygens (including phenoxy) is 1. The minimum absolute atomic E-state index is 0.0194. The van der Waals surface area contributed by atoms with Gasteiger partial charge in [0.1, 0.15) is 5.75 Å². The van der Waals surface area contributed by atoms with Gasteiger partial charge in [0.05, 0.1) is 18.0 Å². The second-order valence-electron chi connectivity index (χ2n) is 5.38. The Labute approximate surface area is 133 Å². The number of amides is 1. The Kier molecular flexibility index (Phi) is 3.12. The summed E-state index contributed by atoms with van der Waals surface area (Å²) in [7, 11) is 0. The van der Waals surface area contributed by atoms with Crippen LogP contribution in [0.5, 0.6) is 5.75 Å². The van der Waals surface area contributed by atoms with Gasteiger partial charge in [-0.05, 0) is 36.4 Å². The van der Waals surface area contributed by atoms with Gasteiger partial charge >= 0.3 is 0 Å². The molecule has 0 fully saturated rings. The Hall–Kier alpha value is -2.33. The van der Waals surface area contributed by atoms with Crippen molar-refractivity contribution in [2.24, 2.45) is 11.0 Å². The minimum atomic E-state index is -0.0287. The van der Waals surface area contributed by atoms with Gasteiger partial charge < -0.3 is 4.74 Å². The van der Waals surface area contributed by atoms with Crippen LogP contribution in [0.15, 0.2) is 53.6 Å². The molecular formula is C17H13ClN2O2. The summed E-state index contributed by atoms with van der Waals surface area (Å²) in [5, 5.41) is 6.70. The molecule has 2 aromatic rings. The fourth-order valence-electron chi connectivity index (χ4n) is 2.83. The molecule has 0 aliphatic carbocycles. The normalized spacial score (nSPS) is 19.9. The minimum Gasteiger partial charge on any atom is -0.492 e. The number of rotatable bonds is 1. The number of carbonyl (C=O) groups excluding carboxylic acids is 1. The molecule has 0 N–H and O–H groups in total. The van der Waals surface area contributed by atoms with Gasteiger partial charge in [-0.25, -0.2) is 5.01 Å². The highest BCUT2D eigenvalue weighted by Gasteiger charge is 2.35. The first-order valence-corrected chi connectivity index (χ1v) is 7.49. The Balaban J connectivity index is 1.80. The van der Waals surface area contributed by atoms with Crippen molar-refractivity contribution >= 4 is 28.9 Å². The van der Waals surface area contributed by atoms with Gasteiger partial charge in [-0.2, -0.15) is 5.10 Å². The zero-order valence-corrected chi connectivity index (χ0v) is 12.5. The third kappa shape index (κ3) is 2.16. The van der Waals surface area contributed by atoms with Crippen molar-refractivity contribution in [3.05, 3.63) is 59.1 Å². The summed E-state index contributed by atoms with van der Waals surface area (Å²) < 4.78 is 5.73. The second kappa shape index (κ2) is 5.14. The largest absolute Gasteiger partial charge is 0.492 e. The van der Waals surface area contributed by atoms with Crippen LogP contribution in [0.1, 0.15) is 12.0 Å². The van der Waals surface area contributed by atoms with Crippen LogP contribution in [0.25, 0.3) is 0 Å². The van der Waals surface area contributed by atoms with Crippen LogP contribution >= 0.6 is 11.6 Å². The summed E-state index contributed by atoms with van der Waals surface area (Å²) in [5.74, 6) is 0.813. The van der Waals surface area contributed by atoms with E-state index in [9.17, 15) is 4.79 Å². The molecule has 2 aliphatic rings. The van der Waals surface area contributed by atoms with Crippen molar-refractivity contribution in [3.63, 3.8) is 0 Å². The number of anilines is 1. The molecule has 2 aliphatic heterocycles. The van der Waals surface area contributed by atoms with Crippen molar-refractivity contribution in [1.29, 1.82) is 0 Å². The number of carbonyl (C=O) groups is 1. The monoisotopic (exact) mass is 312 g/mol. The average Bonchev–Trinajstić information content (AvgIpc) is 2.55. The summed E-state index contributed by atoms with van der Waals surface area (Å²) in [6.07, 6.45) is 0.399. The van der Waals surface area contributed by atoms with Gasteiger partial charge in [-0.3, -0.25) is 4.79 Å². The van der Waals surface area contributed by atoms with Crippen LogP contribution < -0.4 is 9.75 Å². The van der Waals surface area contributed by atoms with E-state index in [4.69, 9.17) is 16.3 Å². The lowest BCUT2D eigenvalue weighted by molar-refractivity contribution is -0.119. The van der Waals surface area contributed by atoms with Gasteiger partial charge in [0.25, 0.3) is 0 Å². The second-order valence-corrected chi connectivity index (χ2v) is 5.81. The van der Waals surface area contributed by atoms with Crippen LogP contribution in [-0.2, 0) is 4.79 Å². The highest BCUT2D eigenvalue weighted by molar-refractivity contribution is 6.30. The Morgan fingerprint density at radius 1 is 1.14 bits per heavy atom. The molecule has 0 spiro atoms. The summed E-state index contributed by atoms with van der Waals surface area (Å²) >= 11 is 5.91. The van der Waals surface area contributed by atoms with Crippen molar-refractivity contribution < 1.29 is 9.53 Å². The number of nitrogens with zero attached hydrogens (tertiary/aromatic N) is 2. The van der Waals surface area contributed by atoms with Gasteiger partial charge in [0, 0.05) is 22.9 Å². The van der Waals surface area contributed by atoms with E-state index < -0.39 is 0 Å². The number of benzene rings is 2. The molecule has 4 rings (SSSR count). The van der Waals surface area contributed by atoms with Crippen LogP contribution in [-0.4, -0.2) is 18.2 Å². The first-order valence-electron chi connectivity index (χ1n) is 7.11. The molecular weight excluding hydrogens is 300 g/mol. The summed E-state index contributed by atoms with van der Waals surface area (Å²) in [6.45, 7) is 0.496. The summed E-state index contributed by atoms with van der Waals surface area (Å²) in [4.78, 5) is 12.4. The highest BCUT2D eigenvalue weighted by atomic mass is 35.5. The van der Waals surface area contributed by atoms with Gasteiger partial charge in [0.2, 0.25) is 5.91 Å². The molecule has 2 aromatic carbocycles. The number of para-hydroxylation sites is 1. The maximum Gasteiger partial charge on any atom is 0.248 e. The van der Waals surface area contributed by atoms with E-state index in [0.717, 1.165) is 22.7 Å². The van der Waals surface area contributed by atoms with E-state index in [-0.39, 0.29) is 11.8 Å². The number of halogens is 1. The molecule has 110 valence electrons. The van der Waals surface area contributed by atoms with E-state index in [1.807, 2.05) is 24.3 Å². The zero-order chi connectivity index (χ0) is 15.1. The Morgan fingerprint density at radius 2 is 1.91 bits per heavy atom. The predicted octanol–water partition coefficient (Wildman–Crippen LogP) is 3.49. The first kappa shape index (κ1) is 13.3. The number of fused-ring (bicyclic) bond motifs is 3. The lowest BCUT2D eigenvalue weighted by Crippen LogP contribution is -2.41. The number of hydrogen-bond donors (Lipinski definition) is 0. The molecule has 5 heteroatoms. The molecule has 1 atom stereocenters. The van der Waals surface area contributed by atoms with Crippen molar-refractivity contribution in [2.45, 2.75) is 6.42 Å². The van der Waals surface area contributed by atoms with E-state index >= 15 is 0 Å². The third-order valence-corrected chi connectivity index (χ3v) is 4.18. The van der Waals surface area contributed by atoms with Gasteiger partial charge in [0.15, 0.2) is 0 Å². The third-order valence-electron chi connectivity index (χ3n) is 3.93. The topological polar surface area (TPSA) is 41.9 Å². The molecule has 0 radical (unpaired) electrons. The van der Waals surface area contributed by atoms with Crippen molar-refractivity contribution in [1.82, 2.24) is 0 Å². The number of hydrogen-bond acceptors (Lipinski definition) is 3. The SMILES string of the molecule is O=C1CC2COc3ccccc3C2=NN1c1ccc(Cl)cc1. The lowest BCUT2D eigenvalue weighted by Gasteiger charge is -2.33. The maximum absolute atomic E-state index is 12.4. The van der Waals surface area contributed by atoms with Crippen LogP contribution in [0.4, 0.5) is 5.69 Å². The molecule has 0 saturated heterocycles. The van der Waals surface area contributed by atoms with Gasteiger partial charge in [-0.1, -0.05) is 23.7 Å². The fraction of sp³-hybridized carbons (Fsp3) is 0.176. The van der Waals surface area contributed by atoms with E-state index in [2.05, 4.69) is 5.10 Å². The molecule has 0 bridgehead atoms. The molecule has 1 amide bonds. The maximum atomic E-state index is 12.4. The quantitative estimate of drug-likeness (QED) is 0.809. The van der Waals surface area contributed by atoms with E-state index in [0.29, 0.717) is 18.1 Å². The fourth-order valence-corrected chi connectivity index (χ4v) is 2.96.